The van der Waals surface area contributed by atoms with Gasteiger partial charge >= 0.3 is 0 Å². The minimum atomic E-state index is -0.00143. The molecule has 144 valence electrons. The predicted molar refractivity (Wildman–Crippen MR) is 108 cm³/mol. The van der Waals surface area contributed by atoms with E-state index < -0.39 is 0 Å². The van der Waals surface area contributed by atoms with E-state index in [4.69, 9.17) is 0 Å². The molecule has 0 aromatic heterocycles. The molecular weight excluding hydrogens is 308 g/mol. The molecule has 0 unspecified atom stereocenters. The summed E-state index contributed by atoms with van der Waals surface area (Å²) in [6, 6.07) is 5.24. The van der Waals surface area contributed by atoms with Crippen molar-refractivity contribution < 1.29 is 10.2 Å². The molecule has 0 aliphatic carbocycles. The van der Waals surface area contributed by atoms with Crippen molar-refractivity contribution in [2.45, 2.75) is 110 Å². The van der Waals surface area contributed by atoms with Crippen molar-refractivity contribution in [1.82, 2.24) is 0 Å². The molecule has 2 heteroatoms. The Morgan fingerprint density at radius 1 is 0.600 bits per heavy atom. The first-order valence-electron chi connectivity index (χ1n) is 10.8. The van der Waals surface area contributed by atoms with Gasteiger partial charge in [0, 0.05) is 0 Å². The third-order valence-corrected chi connectivity index (χ3v) is 5.15. The molecule has 0 bridgehead atoms. The van der Waals surface area contributed by atoms with Gasteiger partial charge in [0.2, 0.25) is 0 Å². The fourth-order valence-electron chi connectivity index (χ4n) is 3.47. The first kappa shape index (κ1) is 21.9. The lowest BCUT2D eigenvalue weighted by Crippen LogP contribution is -1.88. The number of benzene rings is 1. The van der Waals surface area contributed by atoms with Crippen LogP contribution in [0.15, 0.2) is 18.2 Å². The largest absolute Gasteiger partial charge is 0.504 e. The van der Waals surface area contributed by atoms with Gasteiger partial charge in [-0.15, -0.1) is 0 Å². The van der Waals surface area contributed by atoms with Crippen LogP contribution in [0.25, 0.3) is 0 Å². The molecule has 1 rings (SSSR count). The molecule has 0 fully saturated rings. The first-order valence-corrected chi connectivity index (χ1v) is 10.8. The molecule has 2 nitrogen and oxygen atoms in total. The van der Waals surface area contributed by atoms with Gasteiger partial charge in [0.15, 0.2) is 11.5 Å². The molecule has 0 aliphatic rings. The Morgan fingerprint density at radius 3 is 1.52 bits per heavy atom. The highest BCUT2D eigenvalue weighted by Gasteiger charge is 2.04. The van der Waals surface area contributed by atoms with Crippen molar-refractivity contribution in [2.24, 2.45) is 0 Å². The molecule has 0 spiro atoms. The van der Waals surface area contributed by atoms with Crippen LogP contribution < -0.4 is 0 Å². The Bertz CT molecular complexity index is 428. The normalized spacial score (nSPS) is 11.1. The second kappa shape index (κ2) is 15.1. The molecule has 0 saturated carbocycles. The van der Waals surface area contributed by atoms with Crippen LogP contribution in [0.5, 0.6) is 11.5 Å². The smallest absolute Gasteiger partial charge is 0.160 e. The lowest BCUT2D eigenvalue weighted by molar-refractivity contribution is 0.398. The van der Waals surface area contributed by atoms with Gasteiger partial charge in [-0.25, -0.2) is 0 Å². The summed E-state index contributed by atoms with van der Waals surface area (Å²) in [5.74, 6) is 0.0614. The van der Waals surface area contributed by atoms with Crippen molar-refractivity contribution in [3.8, 4) is 11.5 Å². The molecule has 0 amide bonds. The van der Waals surface area contributed by atoms with Gasteiger partial charge in [-0.1, -0.05) is 109 Å². The third kappa shape index (κ3) is 11.1. The van der Waals surface area contributed by atoms with Crippen LogP contribution in [-0.2, 0) is 6.42 Å². The van der Waals surface area contributed by atoms with Crippen molar-refractivity contribution in [3.63, 3.8) is 0 Å². The van der Waals surface area contributed by atoms with E-state index in [0.717, 1.165) is 18.4 Å². The van der Waals surface area contributed by atoms with Gasteiger partial charge in [0.05, 0.1) is 0 Å². The number of hydrogen-bond donors (Lipinski definition) is 2. The lowest BCUT2D eigenvalue weighted by Gasteiger charge is -2.06. The second-order valence-electron chi connectivity index (χ2n) is 7.48. The molecule has 0 saturated heterocycles. The average Bonchev–Trinajstić information content (AvgIpc) is 2.61. The minimum absolute atomic E-state index is 0.00143. The van der Waals surface area contributed by atoms with E-state index in [9.17, 15) is 10.2 Å². The van der Waals surface area contributed by atoms with Crippen molar-refractivity contribution in [3.05, 3.63) is 23.8 Å². The van der Waals surface area contributed by atoms with Crippen molar-refractivity contribution >= 4 is 0 Å². The molecule has 1 aromatic rings. The standard InChI is InChI=1S/C23H40O2/c1-2-3-4-5-6-7-8-9-10-11-12-13-14-15-16-18-21-19-17-20-22(24)23(21)25/h17,19-20,24-25H,2-16,18H2,1H3. The summed E-state index contributed by atoms with van der Waals surface area (Å²) in [6.45, 7) is 2.28. The zero-order chi connectivity index (χ0) is 18.2. The number of aryl methyl sites for hydroxylation is 1. The third-order valence-electron chi connectivity index (χ3n) is 5.15. The lowest BCUT2D eigenvalue weighted by atomic mass is 10.0. The zero-order valence-electron chi connectivity index (χ0n) is 16.4. The van der Waals surface area contributed by atoms with E-state index in [0.29, 0.717) is 0 Å². The second-order valence-corrected chi connectivity index (χ2v) is 7.48. The molecule has 0 radical (unpaired) electrons. The van der Waals surface area contributed by atoms with Crippen molar-refractivity contribution in [1.29, 1.82) is 0 Å². The Labute approximate surface area is 155 Å². The van der Waals surface area contributed by atoms with Crippen LogP contribution in [0.3, 0.4) is 0 Å². The fourth-order valence-corrected chi connectivity index (χ4v) is 3.47. The monoisotopic (exact) mass is 348 g/mol. The Kier molecular flexibility index (Phi) is 13.2. The number of para-hydroxylation sites is 1. The van der Waals surface area contributed by atoms with Gasteiger partial charge < -0.3 is 10.2 Å². The summed E-state index contributed by atoms with van der Waals surface area (Å²) < 4.78 is 0. The van der Waals surface area contributed by atoms with Crippen LogP contribution in [0.2, 0.25) is 0 Å². The van der Waals surface area contributed by atoms with Crippen molar-refractivity contribution in [2.75, 3.05) is 0 Å². The summed E-state index contributed by atoms with van der Waals surface area (Å²) in [4.78, 5) is 0. The topological polar surface area (TPSA) is 40.5 Å². The number of phenols is 2. The number of rotatable bonds is 16. The Hall–Kier alpha value is -1.18. The maximum absolute atomic E-state index is 9.76. The summed E-state index contributed by atoms with van der Waals surface area (Å²) >= 11 is 0. The van der Waals surface area contributed by atoms with E-state index in [-0.39, 0.29) is 11.5 Å². The summed E-state index contributed by atoms with van der Waals surface area (Å²) in [7, 11) is 0. The first-order chi connectivity index (χ1) is 12.3. The Balaban J connectivity index is 1.82. The van der Waals surface area contributed by atoms with E-state index in [1.807, 2.05) is 6.07 Å². The van der Waals surface area contributed by atoms with Gasteiger partial charge in [-0.05, 0) is 24.5 Å². The summed E-state index contributed by atoms with van der Waals surface area (Å²) in [5, 5.41) is 19.2. The van der Waals surface area contributed by atoms with Crippen LogP contribution in [0.4, 0.5) is 0 Å². The van der Waals surface area contributed by atoms with Gasteiger partial charge in [0.25, 0.3) is 0 Å². The van der Waals surface area contributed by atoms with Gasteiger partial charge in [-0.3, -0.25) is 0 Å². The number of aromatic hydroxyl groups is 2. The van der Waals surface area contributed by atoms with Crippen LogP contribution in [0, 0.1) is 0 Å². The van der Waals surface area contributed by atoms with E-state index in [1.165, 1.54) is 96.0 Å². The molecule has 0 heterocycles. The zero-order valence-corrected chi connectivity index (χ0v) is 16.4. The van der Waals surface area contributed by atoms with E-state index in [2.05, 4.69) is 6.92 Å². The SMILES string of the molecule is CCCCCCCCCCCCCCCCCc1cccc(O)c1O. The number of unbranched alkanes of at least 4 members (excludes halogenated alkanes) is 14. The average molecular weight is 349 g/mol. The molecule has 25 heavy (non-hydrogen) atoms. The molecule has 1 aromatic carbocycles. The van der Waals surface area contributed by atoms with Gasteiger partial charge in [0.1, 0.15) is 0 Å². The maximum Gasteiger partial charge on any atom is 0.160 e. The van der Waals surface area contributed by atoms with E-state index in [1.54, 1.807) is 6.07 Å². The minimum Gasteiger partial charge on any atom is -0.504 e. The van der Waals surface area contributed by atoms with Crippen LogP contribution in [0.1, 0.15) is 109 Å². The molecule has 0 atom stereocenters. The highest BCUT2D eigenvalue weighted by Crippen LogP contribution is 2.29. The molecular formula is C23H40O2. The highest BCUT2D eigenvalue weighted by molar-refractivity contribution is 5.44. The fraction of sp³-hybridized carbons (Fsp3) is 0.739. The quantitative estimate of drug-likeness (QED) is 0.240. The molecule has 2 N–H and O–H groups in total. The maximum atomic E-state index is 9.76. The summed E-state index contributed by atoms with van der Waals surface area (Å²) in [6.07, 6.45) is 21.3. The highest BCUT2D eigenvalue weighted by atomic mass is 16.3. The summed E-state index contributed by atoms with van der Waals surface area (Å²) in [5.41, 5.74) is 0.870. The Morgan fingerprint density at radius 2 is 1.04 bits per heavy atom. The van der Waals surface area contributed by atoms with Gasteiger partial charge in [-0.2, -0.15) is 0 Å². The predicted octanol–water partition coefficient (Wildman–Crippen LogP) is 7.51. The van der Waals surface area contributed by atoms with E-state index >= 15 is 0 Å². The number of phenolic OH excluding ortho intramolecular Hbond substituents is 2. The number of hydrogen-bond acceptors (Lipinski definition) is 2. The van der Waals surface area contributed by atoms with Crippen LogP contribution >= 0.6 is 0 Å². The van der Waals surface area contributed by atoms with Crippen LogP contribution in [-0.4, -0.2) is 10.2 Å². The molecule has 0 aliphatic heterocycles.